The number of aliphatic imine (C=N–C) groups is 1. The van der Waals surface area contributed by atoms with Gasteiger partial charge in [-0.05, 0) is 43.5 Å². The van der Waals surface area contributed by atoms with Gasteiger partial charge in [0.25, 0.3) is 0 Å². The molecule has 0 aliphatic carbocycles. The number of aromatic amines is 1. The summed E-state index contributed by atoms with van der Waals surface area (Å²) in [5, 5.41) is 2.14. The topological polar surface area (TPSA) is 109 Å². The van der Waals surface area contributed by atoms with Crippen LogP contribution in [-0.4, -0.2) is 34.3 Å². The lowest BCUT2D eigenvalue weighted by Crippen LogP contribution is -2.30. The van der Waals surface area contributed by atoms with Crippen molar-refractivity contribution in [3.05, 3.63) is 58.5 Å². The van der Waals surface area contributed by atoms with Gasteiger partial charge in [-0.2, -0.15) is 0 Å². The number of rotatable bonds is 8. The number of allylic oxidation sites excluding steroid dienone is 2. The highest BCUT2D eigenvalue weighted by Crippen LogP contribution is 2.37. The summed E-state index contributed by atoms with van der Waals surface area (Å²) in [6, 6.07) is 0. The number of fused-ring (bicyclic) bond motifs is 1. The van der Waals surface area contributed by atoms with E-state index in [0.29, 0.717) is 26.5 Å². The summed E-state index contributed by atoms with van der Waals surface area (Å²) in [6.07, 6.45) is 10.6. The first kappa shape index (κ1) is 23.0. The van der Waals surface area contributed by atoms with Crippen LogP contribution in [0, 0.1) is 0 Å². The monoisotopic (exact) mass is 457 g/mol. The summed E-state index contributed by atoms with van der Waals surface area (Å²) in [5.74, 6) is 0.863. The molecule has 1 aliphatic heterocycles. The largest absolute Gasteiger partial charge is 0.404 e. The van der Waals surface area contributed by atoms with Gasteiger partial charge >= 0.3 is 0 Å². The number of aryl methyl sites for hydroxylation is 1. The summed E-state index contributed by atoms with van der Waals surface area (Å²) in [6.45, 7) is 11.4. The minimum Gasteiger partial charge on any atom is -0.404 e. The molecule has 3 heterocycles. The van der Waals surface area contributed by atoms with Gasteiger partial charge in [-0.1, -0.05) is 37.8 Å². The molecule has 0 atom stereocenters. The Morgan fingerprint density at radius 1 is 1.32 bits per heavy atom. The molecule has 2 aromatic rings. The van der Waals surface area contributed by atoms with Crippen molar-refractivity contribution in [2.75, 3.05) is 18.0 Å². The molecule has 3 rings (SSSR count). The Bertz CT molecular complexity index is 1060. The molecule has 0 saturated carbocycles. The van der Waals surface area contributed by atoms with Crippen molar-refractivity contribution in [1.82, 2.24) is 15.0 Å². The standard InChI is InChI=1S/C22H28ClN7S/c1-4-9-26-17(14(3)25)12-15(13-24)31-22-28-20-18(19(23)16(5-2)27-20)21(29-22)30-10-7-6-8-11-30/h4,9,12-13H,1,3,5-8,10-11,24-25H2,2H3,(H,27,28,29)/b15-13+,17-12+,26-9?. The third kappa shape index (κ3) is 5.32. The third-order valence-corrected chi connectivity index (χ3v) is 6.20. The highest BCUT2D eigenvalue weighted by molar-refractivity contribution is 8.03. The van der Waals surface area contributed by atoms with Gasteiger partial charge in [0.15, 0.2) is 5.16 Å². The maximum atomic E-state index is 6.69. The molecule has 31 heavy (non-hydrogen) atoms. The second kappa shape index (κ2) is 10.5. The van der Waals surface area contributed by atoms with Crippen LogP contribution in [0.4, 0.5) is 5.82 Å². The first-order chi connectivity index (χ1) is 15.0. The van der Waals surface area contributed by atoms with E-state index in [2.05, 4.69) is 35.0 Å². The SMILES string of the molecule is C=CC=N/C(=C/C(=C\N)Sc1nc(N2CCCCC2)c2c(Cl)c(CC)[nH]c2n1)C(=C)N. The summed E-state index contributed by atoms with van der Waals surface area (Å²) >= 11 is 8.02. The first-order valence-corrected chi connectivity index (χ1v) is 11.4. The van der Waals surface area contributed by atoms with Gasteiger partial charge in [0.05, 0.1) is 21.8 Å². The number of nitrogens with one attached hydrogen (secondary N) is 1. The van der Waals surface area contributed by atoms with Gasteiger partial charge in [0, 0.05) is 36.1 Å². The number of nitrogens with two attached hydrogens (primary N) is 2. The Labute approximate surface area is 192 Å². The van der Waals surface area contributed by atoms with E-state index in [0.717, 1.165) is 54.9 Å². The van der Waals surface area contributed by atoms with Gasteiger partial charge in [-0.25, -0.2) is 9.97 Å². The van der Waals surface area contributed by atoms with Gasteiger partial charge in [0.1, 0.15) is 11.5 Å². The third-order valence-electron chi connectivity index (χ3n) is 4.93. The predicted octanol–water partition coefficient (Wildman–Crippen LogP) is 4.67. The lowest BCUT2D eigenvalue weighted by molar-refractivity contribution is 0.573. The van der Waals surface area contributed by atoms with Crippen LogP contribution in [0.25, 0.3) is 11.0 Å². The number of anilines is 1. The number of H-pyrrole nitrogens is 1. The molecular weight excluding hydrogens is 430 g/mol. The lowest BCUT2D eigenvalue weighted by atomic mass is 10.1. The van der Waals surface area contributed by atoms with Gasteiger partial charge < -0.3 is 21.4 Å². The molecule has 0 bridgehead atoms. The normalized spacial score (nSPS) is 15.7. The van der Waals surface area contributed by atoms with Crippen molar-refractivity contribution >= 4 is 46.4 Å². The first-order valence-electron chi connectivity index (χ1n) is 10.2. The molecule has 0 aromatic carbocycles. The van der Waals surface area contributed by atoms with E-state index in [1.54, 1.807) is 18.4 Å². The minimum absolute atomic E-state index is 0.326. The Kier molecular flexibility index (Phi) is 7.81. The molecule has 0 unspecified atom stereocenters. The van der Waals surface area contributed by atoms with Crippen molar-refractivity contribution in [2.24, 2.45) is 16.5 Å². The minimum atomic E-state index is 0.326. The number of thioether (sulfide) groups is 1. The van der Waals surface area contributed by atoms with Crippen LogP contribution in [-0.2, 0) is 6.42 Å². The molecule has 0 spiro atoms. The number of piperidine rings is 1. The summed E-state index contributed by atoms with van der Waals surface area (Å²) in [5.41, 5.74) is 14.2. The molecular formula is C22H28ClN7S. The van der Waals surface area contributed by atoms with Crippen LogP contribution in [0.1, 0.15) is 31.9 Å². The van der Waals surface area contributed by atoms with Crippen LogP contribution in [0.2, 0.25) is 5.02 Å². The van der Waals surface area contributed by atoms with Crippen molar-refractivity contribution in [3.8, 4) is 0 Å². The molecule has 1 fully saturated rings. The smallest absolute Gasteiger partial charge is 0.196 e. The van der Waals surface area contributed by atoms with Crippen molar-refractivity contribution < 1.29 is 0 Å². The number of halogens is 1. The number of nitrogens with zero attached hydrogens (tertiary/aromatic N) is 4. The van der Waals surface area contributed by atoms with E-state index < -0.39 is 0 Å². The maximum Gasteiger partial charge on any atom is 0.196 e. The van der Waals surface area contributed by atoms with Gasteiger partial charge in [-0.15, -0.1) is 0 Å². The number of hydrogen-bond acceptors (Lipinski definition) is 7. The van der Waals surface area contributed by atoms with Gasteiger partial charge in [-0.3, -0.25) is 4.99 Å². The maximum absolute atomic E-state index is 6.69. The Hall–Kier alpha value is -2.71. The van der Waals surface area contributed by atoms with E-state index in [1.807, 2.05) is 0 Å². The molecule has 9 heteroatoms. The fourth-order valence-electron chi connectivity index (χ4n) is 3.39. The van der Waals surface area contributed by atoms with Gasteiger partial charge in [0.2, 0.25) is 0 Å². The van der Waals surface area contributed by atoms with E-state index in [9.17, 15) is 0 Å². The average Bonchev–Trinajstić information content (AvgIpc) is 3.11. The van der Waals surface area contributed by atoms with Crippen LogP contribution in [0.5, 0.6) is 0 Å². The molecule has 0 radical (unpaired) electrons. The predicted molar refractivity (Wildman–Crippen MR) is 133 cm³/mol. The summed E-state index contributed by atoms with van der Waals surface area (Å²) in [4.78, 5) is 20.2. The second-order valence-electron chi connectivity index (χ2n) is 7.11. The van der Waals surface area contributed by atoms with Crippen molar-refractivity contribution in [1.29, 1.82) is 0 Å². The van der Waals surface area contributed by atoms with Crippen LogP contribution < -0.4 is 16.4 Å². The molecule has 2 aromatic heterocycles. The van der Waals surface area contributed by atoms with Crippen LogP contribution in [0.15, 0.2) is 58.0 Å². The zero-order valence-corrected chi connectivity index (χ0v) is 19.3. The highest BCUT2D eigenvalue weighted by atomic mass is 35.5. The summed E-state index contributed by atoms with van der Waals surface area (Å²) in [7, 11) is 0. The van der Waals surface area contributed by atoms with E-state index in [-0.39, 0.29) is 0 Å². The Morgan fingerprint density at radius 2 is 2.06 bits per heavy atom. The second-order valence-corrected chi connectivity index (χ2v) is 8.53. The molecule has 164 valence electrons. The van der Waals surface area contributed by atoms with E-state index >= 15 is 0 Å². The number of aromatic nitrogens is 3. The van der Waals surface area contributed by atoms with Crippen LogP contribution >= 0.6 is 23.4 Å². The fourth-order valence-corrected chi connectivity index (χ4v) is 4.46. The Morgan fingerprint density at radius 3 is 2.68 bits per heavy atom. The number of hydrogen-bond donors (Lipinski definition) is 3. The Balaban J connectivity index is 2.04. The highest BCUT2D eigenvalue weighted by Gasteiger charge is 2.22. The lowest BCUT2D eigenvalue weighted by Gasteiger charge is -2.28. The van der Waals surface area contributed by atoms with Crippen molar-refractivity contribution in [2.45, 2.75) is 37.8 Å². The quantitative estimate of drug-likeness (QED) is 0.230. The average molecular weight is 458 g/mol. The molecule has 1 aliphatic rings. The molecule has 0 amide bonds. The zero-order chi connectivity index (χ0) is 22.4. The fraction of sp³-hybridized carbons (Fsp3) is 0.318. The molecule has 7 nitrogen and oxygen atoms in total. The van der Waals surface area contributed by atoms with Crippen LogP contribution in [0.3, 0.4) is 0 Å². The summed E-state index contributed by atoms with van der Waals surface area (Å²) < 4.78 is 0. The molecule has 5 N–H and O–H groups in total. The van der Waals surface area contributed by atoms with E-state index in [1.165, 1.54) is 24.4 Å². The van der Waals surface area contributed by atoms with E-state index in [4.69, 9.17) is 33.0 Å². The zero-order valence-electron chi connectivity index (χ0n) is 17.7. The van der Waals surface area contributed by atoms with Crippen molar-refractivity contribution in [3.63, 3.8) is 0 Å². The molecule has 1 saturated heterocycles.